The number of hydrogen-bond acceptors (Lipinski definition) is 4. The van der Waals surface area contributed by atoms with Crippen LogP contribution in [-0.4, -0.2) is 28.8 Å². The Balaban J connectivity index is 0.000000396. The zero-order valence-corrected chi connectivity index (χ0v) is 11.5. The Hall–Kier alpha value is -2.18. The van der Waals surface area contributed by atoms with Gasteiger partial charge >= 0.3 is 5.97 Å². The number of carbonyl (C=O) groups is 4. The molecule has 0 atom stereocenters. The Kier molecular flexibility index (Phi) is 8.65. The highest BCUT2D eigenvalue weighted by Gasteiger charge is 2.20. The van der Waals surface area contributed by atoms with Crippen molar-refractivity contribution in [2.75, 3.05) is 0 Å². The molecule has 7 heteroatoms. The summed E-state index contributed by atoms with van der Waals surface area (Å²) in [5, 5.41) is 10.2. The summed E-state index contributed by atoms with van der Waals surface area (Å²) in [7, 11) is 0. The summed E-state index contributed by atoms with van der Waals surface area (Å²) >= 11 is 0. The van der Waals surface area contributed by atoms with Gasteiger partial charge in [0.25, 0.3) is 11.8 Å². The second kappa shape index (κ2) is 9.71. The molecule has 1 rings (SSSR count). The zero-order chi connectivity index (χ0) is 15.5. The SMILES string of the molecule is CCCCCC(=O)O.NC(=O)CCC1=CC(=O)NC1=O. The predicted octanol–water partition coefficient (Wildman–Crippen LogP) is 0.486. The number of primary amides is 1. The number of carbonyl (C=O) groups excluding carboxylic acids is 3. The molecule has 1 heterocycles. The molecule has 0 bridgehead atoms. The number of rotatable bonds is 7. The maximum atomic E-state index is 10.8. The number of nitrogens with one attached hydrogen (secondary N) is 1. The summed E-state index contributed by atoms with van der Waals surface area (Å²) < 4.78 is 0. The molecule has 0 saturated carbocycles. The average molecular weight is 284 g/mol. The third-order valence-corrected chi connectivity index (χ3v) is 2.47. The molecule has 0 fully saturated rings. The van der Waals surface area contributed by atoms with Crippen molar-refractivity contribution in [3.8, 4) is 0 Å². The number of aliphatic carboxylic acids is 1. The number of carboxylic acid groups (broad SMARTS) is 1. The minimum Gasteiger partial charge on any atom is -0.481 e. The van der Waals surface area contributed by atoms with Gasteiger partial charge in [0.2, 0.25) is 5.91 Å². The van der Waals surface area contributed by atoms with Crippen LogP contribution in [0.15, 0.2) is 11.6 Å². The molecule has 0 saturated heterocycles. The lowest BCUT2D eigenvalue weighted by Crippen LogP contribution is -2.22. The Morgan fingerprint density at radius 2 is 1.90 bits per heavy atom. The first-order valence-corrected chi connectivity index (χ1v) is 6.42. The number of nitrogens with two attached hydrogens (primary N) is 1. The molecule has 0 unspecified atom stereocenters. The fourth-order valence-corrected chi connectivity index (χ4v) is 1.42. The van der Waals surface area contributed by atoms with Crippen molar-refractivity contribution in [2.45, 2.75) is 45.4 Å². The summed E-state index contributed by atoms with van der Waals surface area (Å²) in [5.74, 6) is -2.03. The number of imide groups is 1. The van der Waals surface area contributed by atoms with Crippen molar-refractivity contribution >= 4 is 23.7 Å². The average Bonchev–Trinajstić information content (AvgIpc) is 2.66. The first-order valence-electron chi connectivity index (χ1n) is 6.42. The van der Waals surface area contributed by atoms with Crippen LogP contribution in [0, 0.1) is 0 Å². The Morgan fingerprint density at radius 1 is 1.25 bits per heavy atom. The van der Waals surface area contributed by atoms with Crippen LogP contribution < -0.4 is 11.1 Å². The Labute approximate surface area is 117 Å². The maximum Gasteiger partial charge on any atom is 0.303 e. The lowest BCUT2D eigenvalue weighted by molar-refractivity contribution is -0.137. The lowest BCUT2D eigenvalue weighted by Gasteiger charge is -1.95. The highest BCUT2D eigenvalue weighted by molar-refractivity contribution is 6.16. The van der Waals surface area contributed by atoms with Crippen LogP contribution in [0.25, 0.3) is 0 Å². The molecule has 0 aliphatic carbocycles. The van der Waals surface area contributed by atoms with Crippen LogP contribution in [0.1, 0.15) is 45.4 Å². The van der Waals surface area contributed by atoms with Gasteiger partial charge < -0.3 is 10.8 Å². The lowest BCUT2D eigenvalue weighted by atomic mass is 10.1. The maximum absolute atomic E-state index is 10.8. The molecule has 0 aromatic heterocycles. The standard InChI is InChI=1S/C7H8N2O3.C6H12O2/c8-5(10)2-1-4-3-6(11)9-7(4)12;1-2-3-4-5-6(7)8/h3H,1-2H2,(H2,8,10)(H,9,11,12);2-5H2,1H3,(H,7,8). The van der Waals surface area contributed by atoms with Gasteiger partial charge in [-0.2, -0.15) is 0 Å². The zero-order valence-electron chi connectivity index (χ0n) is 11.5. The van der Waals surface area contributed by atoms with E-state index in [9.17, 15) is 19.2 Å². The van der Waals surface area contributed by atoms with E-state index in [2.05, 4.69) is 12.2 Å². The number of hydrogen-bond donors (Lipinski definition) is 3. The Morgan fingerprint density at radius 3 is 2.30 bits per heavy atom. The van der Waals surface area contributed by atoms with Crippen LogP contribution in [0.3, 0.4) is 0 Å². The van der Waals surface area contributed by atoms with Crippen LogP contribution in [0.2, 0.25) is 0 Å². The third kappa shape index (κ3) is 8.84. The molecule has 1 aliphatic heterocycles. The normalized spacial score (nSPS) is 13.2. The predicted molar refractivity (Wildman–Crippen MR) is 71.4 cm³/mol. The van der Waals surface area contributed by atoms with E-state index in [4.69, 9.17) is 10.8 Å². The van der Waals surface area contributed by atoms with Crippen molar-refractivity contribution in [3.05, 3.63) is 11.6 Å². The minimum absolute atomic E-state index is 0.0898. The monoisotopic (exact) mass is 284 g/mol. The Bertz CT molecular complexity index is 415. The molecule has 0 aromatic rings. The third-order valence-electron chi connectivity index (χ3n) is 2.47. The van der Waals surface area contributed by atoms with Gasteiger partial charge in [0.05, 0.1) is 0 Å². The molecule has 112 valence electrons. The van der Waals surface area contributed by atoms with Crippen molar-refractivity contribution in [3.63, 3.8) is 0 Å². The molecule has 0 spiro atoms. The molecule has 7 nitrogen and oxygen atoms in total. The summed E-state index contributed by atoms with van der Waals surface area (Å²) in [5.41, 5.74) is 5.19. The summed E-state index contributed by atoms with van der Waals surface area (Å²) in [4.78, 5) is 41.6. The van der Waals surface area contributed by atoms with E-state index in [1.54, 1.807) is 0 Å². The van der Waals surface area contributed by atoms with E-state index in [1.807, 2.05) is 0 Å². The van der Waals surface area contributed by atoms with Crippen molar-refractivity contribution in [1.29, 1.82) is 0 Å². The van der Waals surface area contributed by atoms with Gasteiger partial charge in [-0.05, 0) is 12.8 Å². The highest BCUT2D eigenvalue weighted by atomic mass is 16.4. The van der Waals surface area contributed by atoms with Gasteiger partial charge in [-0.25, -0.2) is 0 Å². The van der Waals surface area contributed by atoms with E-state index in [0.717, 1.165) is 19.3 Å². The van der Waals surface area contributed by atoms with Crippen LogP contribution in [0.4, 0.5) is 0 Å². The second-order valence-corrected chi connectivity index (χ2v) is 4.31. The van der Waals surface area contributed by atoms with Crippen LogP contribution >= 0.6 is 0 Å². The van der Waals surface area contributed by atoms with Gasteiger partial charge in [-0.15, -0.1) is 0 Å². The van der Waals surface area contributed by atoms with E-state index in [1.165, 1.54) is 6.08 Å². The molecular weight excluding hydrogens is 264 g/mol. The van der Waals surface area contributed by atoms with E-state index in [0.29, 0.717) is 12.0 Å². The van der Waals surface area contributed by atoms with Crippen LogP contribution in [-0.2, 0) is 19.2 Å². The first kappa shape index (κ1) is 17.8. The fraction of sp³-hybridized carbons (Fsp3) is 0.538. The van der Waals surface area contributed by atoms with Gasteiger partial charge in [-0.1, -0.05) is 19.8 Å². The molecule has 3 amide bonds. The highest BCUT2D eigenvalue weighted by Crippen LogP contribution is 2.08. The van der Waals surface area contributed by atoms with Crippen molar-refractivity contribution < 1.29 is 24.3 Å². The molecule has 0 aromatic carbocycles. The fourth-order valence-electron chi connectivity index (χ4n) is 1.42. The number of amides is 3. The minimum atomic E-state index is -0.682. The summed E-state index contributed by atoms with van der Waals surface area (Å²) in [6.45, 7) is 2.06. The molecule has 4 N–H and O–H groups in total. The molecule has 1 aliphatic rings. The quantitative estimate of drug-likeness (QED) is 0.463. The van der Waals surface area contributed by atoms with Gasteiger partial charge in [-0.3, -0.25) is 24.5 Å². The van der Waals surface area contributed by atoms with Gasteiger partial charge in [0.15, 0.2) is 0 Å². The van der Waals surface area contributed by atoms with E-state index in [-0.39, 0.29) is 12.8 Å². The molecular formula is C13H20N2O5. The summed E-state index contributed by atoms with van der Waals surface area (Å²) in [6.07, 6.45) is 4.78. The first-order chi connectivity index (χ1) is 9.36. The van der Waals surface area contributed by atoms with Crippen LogP contribution in [0.5, 0.6) is 0 Å². The summed E-state index contributed by atoms with van der Waals surface area (Å²) in [6, 6.07) is 0. The number of unbranched alkanes of at least 4 members (excludes halogenated alkanes) is 2. The largest absolute Gasteiger partial charge is 0.481 e. The smallest absolute Gasteiger partial charge is 0.303 e. The van der Waals surface area contributed by atoms with E-state index < -0.39 is 23.7 Å². The molecule has 20 heavy (non-hydrogen) atoms. The van der Waals surface area contributed by atoms with Crippen molar-refractivity contribution in [1.82, 2.24) is 5.32 Å². The molecule has 0 radical (unpaired) electrons. The van der Waals surface area contributed by atoms with Crippen molar-refractivity contribution in [2.24, 2.45) is 5.73 Å². The topological polar surface area (TPSA) is 127 Å². The number of carboxylic acids is 1. The second-order valence-electron chi connectivity index (χ2n) is 4.31. The van der Waals surface area contributed by atoms with E-state index >= 15 is 0 Å². The van der Waals surface area contributed by atoms with Gasteiger partial charge in [0.1, 0.15) is 0 Å². The van der Waals surface area contributed by atoms with Gasteiger partial charge in [0, 0.05) is 24.5 Å².